The van der Waals surface area contributed by atoms with Gasteiger partial charge in [0, 0.05) is 11.3 Å². The summed E-state index contributed by atoms with van der Waals surface area (Å²) in [5, 5.41) is 11.9. The summed E-state index contributed by atoms with van der Waals surface area (Å²) in [6.45, 7) is 0. The molecule has 2 aromatic rings. The first-order valence-corrected chi connectivity index (χ1v) is 4.95. The molecule has 0 aliphatic carbocycles. The van der Waals surface area contributed by atoms with Crippen LogP contribution >= 0.6 is 0 Å². The number of primary amides is 1. The quantitative estimate of drug-likeness (QED) is 0.590. The maximum absolute atomic E-state index is 11.7. The lowest BCUT2D eigenvalue weighted by Crippen LogP contribution is -2.15. The fourth-order valence-corrected chi connectivity index (χ4v) is 1.31. The Morgan fingerprint density at radius 3 is 2.33 bits per heavy atom. The van der Waals surface area contributed by atoms with Crippen molar-refractivity contribution in [3.05, 3.63) is 35.5 Å². The van der Waals surface area contributed by atoms with Gasteiger partial charge < -0.3 is 16.8 Å². The van der Waals surface area contributed by atoms with Crippen LogP contribution in [-0.2, 0) is 0 Å². The summed E-state index contributed by atoms with van der Waals surface area (Å²) in [5.74, 6) is -1.01. The van der Waals surface area contributed by atoms with Gasteiger partial charge in [0.05, 0.1) is 0 Å². The van der Waals surface area contributed by atoms with Crippen LogP contribution in [0, 0.1) is 0 Å². The molecular formula is C10H10N6O2. The van der Waals surface area contributed by atoms with Gasteiger partial charge in [0.1, 0.15) is 0 Å². The number of anilines is 2. The predicted octanol–water partition coefficient (Wildman–Crippen LogP) is -0.262. The van der Waals surface area contributed by atoms with E-state index in [0.717, 1.165) is 0 Å². The molecule has 0 aliphatic heterocycles. The number of carbonyl (C=O) groups excluding carboxylic acids is 2. The van der Waals surface area contributed by atoms with Crippen molar-refractivity contribution in [3.63, 3.8) is 0 Å². The lowest BCUT2D eigenvalue weighted by molar-refractivity contribution is 0.0998. The van der Waals surface area contributed by atoms with Crippen LogP contribution in [0.5, 0.6) is 0 Å². The second kappa shape index (κ2) is 4.53. The van der Waals surface area contributed by atoms with Crippen LogP contribution in [0.3, 0.4) is 0 Å². The zero-order chi connectivity index (χ0) is 13.1. The highest BCUT2D eigenvalue weighted by Gasteiger charge is 2.14. The third kappa shape index (κ3) is 2.26. The summed E-state index contributed by atoms with van der Waals surface area (Å²) in [6, 6.07) is 6.11. The molecule has 0 saturated heterocycles. The Bertz CT molecular complexity index is 589. The van der Waals surface area contributed by atoms with Crippen LogP contribution < -0.4 is 16.8 Å². The molecule has 0 saturated carbocycles. The number of amides is 2. The van der Waals surface area contributed by atoms with Crippen molar-refractivity contribution in [2.75, 3.05) is 11.1 Å². The number of H-pyrrole nitrogens is 1. The minimum Gasteiger partial charge on any atom is -0.380 e. The average molecular weight is 246 g/mol. The van der Waals surface area contributed by atoms with Gasteiger partial charge in [-0.3, -0.25) is 9.59 Å². The van der Waals surface area contributed by atoms with Crippen LogP contribution in [0.4, 0.5) is 11.5 Å². The second-order valence-electron chi connectivity index (χ2n) is 3.45. The van der Waals surface area contributed by atoms with Gasteiger partial charge in [-0.25, -0.2) is 0 Å². The van der Waals surface area contributed by atoms with Crippen molar-refractivity contribution < 1.29 is 9.59 Å². The maximum Gasteiger partial charge on any atom is 0.280 e. The minimum atomic E-state index is -0.534. The molecule has 2 rings (SSSR count). The normalized spacial score (nSPS) is 10.0. The molecule has 0 radical (unpaired) electrons. The van der Waals surface area contributed by atoms with E-state index >= 15 is 0 Å². The van der Waals surface area contributed by atoms with E-state index in [-0.39, 0.29) is 11.5 Å². The number of hydrogen-bond donors (Lipinski definition) is 4. The standard InChI is InChI=1S/C10H10N6O2/c11-8-7(14-16-15-8)10(18)13-6-3-1-5(2-4-6)9(12)17/h1-4H,(H2,12,17)(H,13,18)(H3,11,14,15,16). The number of aromatic amines is 1. The van der Waals surface area contributed by atoms with E-state index < -0.39 is 11.8 Å². The summed E-state index contributed by atoms with van der Waals surface area (Å²) in [6.07, 6.45) is 0. The van der Waals surface area contributed by atoms with Crippen LogP contribution in [0.15, 0.2) is 24.3 Å². The van der Waals surface area contributed by atoms with Gasteiger partial charge in [-0.15, -0.1) is 10.2 Å². The van der Waals surface area contributed by atoms with E-state index in [2.05, 4.69) is 20.7 Å². The van der Waals surface area contributed by atoms with Crippen molar-refractivity contribution >= 4 is 23.3 Å². The smallest absolute Gasteiger partial charge is 0.280 e. The van der Waals surface area contributed by atoms with E-state index in [1.807, 2.05) is 0 Å². The number of benzene rings is 1. The number of carbonyl (C=O) groups is 2. The van der Waals surface area contributed by atoms with Gasteiger partial charge in [0.2, 0.25) is 5.91 Å². The summed E-state index contributed by atoms with van der Waals surface area (Å²) in [4.78, 5) is 22.6. The molecule has 0 spiro atoms. The number of hydrogen-bond acceptors (Lipinski definition) is 5. The molecule has 0 unspecified atom stereocenters. The van der Waals surface area contributed by atoms with Gasteiger partial charge in [0.15, 0.2) is 11.5 Å². The van der Waals surface area contributed by atoms with E-state index in [1.165, 1.54) is 12.1 Å². The van der Waals surface area contributed by atoms with E-state index in [1.54, 1.807) is 12.1 Å². The molecule has 0 atom stereocenters. The third-order valence-corrected chi connectivity index (χ3v) is 2.22. The molecule has 92 valence electrons. The zero-order valence-electron chi connectivity index (χ0n) is 9.18. The second-order valence-corrected chi connectivity index (χ2v) is 3.45. The Balaban J connectivity index is 2.13. The fraction of sp³-hybridized carbons (Fsp3) is 0. The number of aromatic nitrogens is 3. The highest BCUT2D eigenvalue weighted by Crippen LogP contribution is 2.11. The molecule has 0 fully saturated rings. The average Bonchev–Trinajstić information content (AvgIpc) is 2.76. The van der Waals surface area contributed by atoms with Crippen molar-refractivity contribution in [3.8, 4) is 0 Å². The first-order valence-electron chi connectivity index (χ1n) is 4.95. The van der Waals surface area contributed by atoms with Crippen molar-refractivity contribution in [1.29, 1.82) is 0 Å². The Hall–Kier alpha value is -2.90. The predicted molar refractivity (Wildman–Crippen MR) is 63.7 cm³/mol. The summed E-state index contributed by atoms with van der Waals surface area (Å²) in [5.41, 5.74) is 11.4. The Labute approximate surface area is 101 Å². The van der Waals surface area contributed by atoms with E-state index in [0.29, 0.717) is 11.3 Å². The fourth-order valence-electron chi connectivity index (χ4n) is 1.31. The van der Waals surface area contributed by atoms with Gasteiger partial charge in [-0.1, -0.05) is 0 Å². The van der Waals surface area contributed by atoms with Crippen molar-refractivity contribution in [2.45, 2.75) is 0 Å². The molecule has 8 nitrogen and oxygen atoms in total. The van der Waals surface area contributed by atoms with Gasteiger partial charge in [0.25, 0.3) is 5.91 Å². The van der Waals surface area contributed by atoms with Gasteiger partial charge in [-0.05, 0) is 24.3 Å². The van der Waals surface area contributed by atoms with Crippen LogP contribution in [0.25, 0.3) is 0 Å². The highest BCUT2D eigenvalue weighted by molar-refractivity contribution is 6.05. The highest BCUT2D eigenvalue weighted by atomic mass is 16.2. The van der Waals surface area contributed by atoms with Gasteiger partial charge >= 0.3 is 0 Å². The van der Waals surface area contributed by atoms with Crippen LogP contribution in [-0.4, -0.2) is 27.2 Å². The Kier molecular flexibility index (Phi) is 2.92. The van der Waals surface area contributed by atoms with Crippen LogP contribution in [0.1, 0.15) is 20.8 Å². The molecule has 8 heteroatoms. The molecule has 6 N–H and O–H groups in total. The summed E-state index contributed by atoms with van der Waals surface area (Å²) < 4.78 is 0. The third-order valence-electron chi connectivity index (χ3n) is 2.22. The summed E-state index contributed by atoms with van der Waals surface area (Å²) in [7, 11) is 0. The molecule has 1 aromatic carbocycles. The molecule has 1 aromatic heterocycles. The van der Waals surface area contributed by atoms with E-state index in [4.69, 9.17) is 11.5 Å². The zero-order valence-corrected chi connectivity index (χ0v) is 9.18. The SMILES string of the molecule is NC(=O)c1ccc(NC(=O)c2n[nH]nc2N)cc1. The molecule has 0 aliphatic rings. The number of nitrogens with one attached hydrogen (secondary N) is 2. The molecule has 0 bridgehead atoms. The first-order chi connectivity index (χ1) is 8.58. The summed E-state index contributed by atoms with van der Waals surface area (Å²) >= 11 is 0. The largest absolute Gasteiger partial charge is 0.380 e. The number of nitrogens with zero attached hydrogens (tertiary/aromatic N) is 2. The topological polar surface area (TPSA) is 140 Å². The molecule has 18 heavy (non-hydrogen) atoms. The van der Waals surface area contributed by atoms with Crippen molar-refractivity contribution in [1.82, 2.24) is 15.4 Å². The Morgan fingerprint density at radius 1 is 1.17 bits per heavy atom. The Morgan fingerprint density at radius 2 is 1.83 bits per heavy atom. The maximum atomic E-state index is 11.7. The molecule has 1 heterocycles. The van der Waals surface area contributed by atoms with Crippen LogP contribution in [0.2, 0.25) is 0 Å². The van der Waals surface area contributed by atoms with Crippen molar-refractivity contribution in [2.24, 2.45) is 5.73 Å². The number of rotatable bonds is 3. The lowest BCUT2D eigenvalue weighted by atomic mass is 10.2. The molecule has 2 amide bonds. The lowest BCUT2D eigenvalue weighted by Gasteiger charge is -2.03. The minimum absolute atomic E-state index is 0.00831. The molecular weight excluding hydrogens is 236 g/mol. The number of nitrogens with two attached hydrogens (primary N) is 2. The number of nitrogen functional groups attached to an aromatic ring is 1. The monoisotopic (exact) mass is 246 g/mol. The van der Waals surface area contributed by atoms with Gasteiger partial charge in [-0.2, -0.15) is 5.21 Å². The first kappa shape index (κ1) is 11.6. The van der Waals surface area contributed by atoms with E-state index in [9.17, 15) is 9.59 Å².